The van der Waals surface area contributed by atoms with Crippen LogP contribution in [0.4, 0.5) is 14.5 Å². The summed E-state index contributed by atoms with van der Waals surface area (Å²) in [5.41, 5.74) is 0.637. The summed E-state index contributed by atoms with van der Waals surface area (Å²) < 4.78 is 28.1. The number of halogens is 3. The van der Waals surface area contributed by atoms with Crippen LogP contribution in [0.1, 0.15) is 11.1 Å². The van der Waals surface area contributed by atoms with Gasteiger partial charge in [0.25, 0.3) is 0 Å². The molecule has 0 spiro atoms. The number of hydrogen-bond acceptors (Lipinski definition) is 2. The molecule has 0 aliphatic rings. The molecule has 2 aromatic rings. The monoisotopic (exact) mass is 322 g/mol. The Kier molecular flexibility index (Phi) is 4.13. The van der Waals surface area contributed by atoms with E-state index in [0.29, 0.717) is 6.54 Å². The maximum Gasteiger partial charge on any atom is 0.150 e. The average molecular weight is 323 g/mol. The molecular formula is C14H9BrF2N2. The van der Waals surface area contributed by atoms with Crippen molar-refractivity contribution in [2.45, 2.75) is 6.54 Å². The molecule has 1 N–H and O–H groups in total. The summed E-state index contributed by atoms with van der Waals surface area (Å²) in [6.45, 7) is 0.299. The number of nitrogens with one attached hydrogen (secondary N) is 1. The van der Waals surface area contributed by atoms with Crippen LogP contribution in [-0.2, 0) is 6.54 Å². The predicted molar refractivity (Wildman–Crippen MR) is 72.5 cm³/mol. The summed E-state index contributed by atoms with van der Waals surface area (Å²) in [5, 5.41) is 11.3. The minimum absolute atomic E-state index is 0.0378. The Balaban J connectivity index is 2.16. The van der Waals surface area contributed by atoms with E-state index in [9.17, 15) is 8.78 Å². The summed E-state index contributed by atoms with van der Waals surface area (Å²) in [4.78, 5) is 0. The fourth-order valence-corrected chi connectivity index (χ4v) is 1.86. The van der Waals surface area contributed by atoms with Gasteiger partial charge < -0.3 is 5.32 Å². The molecule has 0 unspecified atom stereocenters. The van der Waals surface area contributed by atoms with Gasteiger partial charge in [-0.3, -0.25) is 0 Å². The Morgan fingerprint density at radius 3 is 2.21 bits per heavy atom. The lowest BCUT2D eigenvalue weighted by Gasteiger charge is -2.09. The molecule has 96 valence electrons. The van der Waals surface area contributed by atoms with Gasteiger partial charge in [0.1, 0.15) is 5.69 Å². The highest BCUT2D eigenvalue weighted by molar-refractivity contribution is 9.10. The molecule has 0 saturated heterocycles. The van der Waals surface area contributed by atoms with Gasteiger partial charge in [0.05, 0.1) is 11.6 Å². The molecule has 0 aliphatic carbocycles. The number of nitriles is 1. The summed E-state index contributed by atoms with van der Waals surface area (Å²) in [6, 6.07) is 11.1. The van der Waals surface area contributed by atoms with Crippen molar-refractivity contribution < 1.29 is 8.78 Å². The third-order valence-corrected chi connectivity index (χ3v) is 3.08. The van der Waals surface area contributed by atoms with Gasteiger partial charge in [-0.1, -0.05) is 28.1 Å². The van der Waals surface area contributed by atoms with Crippen LogP contribution in [0.3, 0.4) is 0 Å². The molecule has 0 aliphatic heterocycles. The lowest BCUT2D eigenvalue weighted by molar-refractivity contribution is 0.587. The molecular weight excluding hydrogens is 314 g/mol. The van der Waals surface area contributed by atoms with E-state index >= 15 is 0 Å². The smallest absolute Gasteiger partial charge is 0.150 e. The van der Waals surface area contributed by atoms with Crippen molar-refractivity contribution in [3.63, 3.8) is 0 Å². The van der Waals surface area contributed by atoms with Crippen molar-refractivity contribution in [3.8, 4) is 6.07 Å². The SMILES string of the molecule is N#Cc1cc(F)c(NCc2ccc(Br)cc2)c(F)c1. The molecule has 0 aromatic heterocycles. The molecule has 2 aromatic carbocycles. The Bertz CT molecular complexity index is 610. The zero-order valence-electron chi connectivity index (χ0n) is 9.75. The van der Waals surface area contributed by atoms with Crippen molar-refractivity contribution in [1.82, 2.24) is 0 Å². The molecule has 0 fully saturated rings. The van der Waals surface area contributed by atoms with Gasteiger partial charge in [0.15, 0.2) is 11.6 Å². The molecule has 19 heavy (non-hydrogen) atoms. The number of benzene rings is 2. The topological polar surface area (TPSA) is 35.8 Å². The summed E-state index contributed by atoms with van der Waals surface area (Å²) in [6.07, 6.45) is 0. The molecule has 0 radical (unpaired) electrons. The van der Waals surface area contributed by atoms with E-state index in [-0.39, 0.29) is 11.3 Å². The van der Waals surface area contributed by atoms with E-state index in [1.54, 1.807) is 6.07 Å². The van der Waals surface area contributed by atoms with Gasteiger partial charge in [0, 0.05) is 11.0 Å². The van der Waals surface area contributed by atoms with Gasteiger partial charge in [-0.15, -0.1) is 0 Å². The van der Waals surface area contributed by atoms with Gasteiger partial charge in [-0.25, -0.2) is 8.78 Å². The molecule has 0 saturated carbocycles. The lowest BCUT2D eigenvalue weighted by atomic mass is 10.2. The number of nitrogens with zero attached hydrogens (tertiary/aromatic N) is 1. The summed E-state index contributed by atoms with van der Waals surface area (Å²) in [5.74, 6) is -1.54. The molecule has 0 heterocycles. The Morgan fingerprint density at radius 2 is 1.68 bits per heavy atom. The first-order chi connectivity index (χ1) is 9.10. The molecule has 5 heteroatoms. The first-order valence-electron chi connectivity index (χ1n) is 5.47. The van der Waals surface area contributed by atoms with Gasteiger partial charge in [0.2, 0.25) is 0 Å². The highest BCUT2D eigenvalue weighted by Crippen LogP contribution is 2.21. The van der Waals surface area contributed by atoms with Crippen LogP contribution in [0.5, 0.6) is 0 Å². The van der Waals surface area contributed by atoms with E-state index in [1.165, 1.54) is 0 Å². The quantitative estimate of drug-likeness (QED) is 0.918. The largest absolute Gasteiger partial charge is 0.376 e. The van der Waals surface area contributed by atoms with Crippen LogP contribution < -0.4 is 5.32 Å². The molecule has 2 rings (SSSR count). The minimum atomic E-state index is -0.770. The van der Waals surface area contributed by atoms with E-state index in [1.807, 2.05) is 24.3 Å². The maximum atomic E-state index is 13.6. The molecule has 0 bridgehead atoms. The van der Waals surface area contributed by atoms with E-state index in [2.05, 4.69) is 21.2 Å². The van der Waals surface area contributed by atoms with Gasteiger partial charge in [-0.05, 0) is 29.8 Å². The first kappa shape index (κ1) is 13.5. The maximum absolute atomic E-state index is 13.6. The van der Waals surface area contributed by atoms with Crippen molar-refractivity contribution in [2.24, 2.45) is 0 Å². The number of rotatable bonds is 3. The summed E-state index contributed by atoms with van der Waals surface area (Å²) >= 11 is 3.31. The standard InChI is InChI=1S/C14H9BrF2N2/c15-11-3-1-9(2-4-11)8-19-14-12(16)5-10(7-18)6-13(14)17/h1-6,19H,8H2. The lowest BCUT2D eigenvalue weighted by Crippen LogP contribution is -2.04. The van der Waals surface area contributed by atoms with Crippen molar-refractivity contribution >= 4 is 21.6 Å². The third-order valence-electron chi connectivity index (χ3n) is 2.55. The zero-order chi connectivity index (χ0) is 13.8. The first-order valence-corrected chi connectivity index (χ1v) is 6.27. The number of anilines is 1. The second-order valence-electron chi connectivity index (χ2n) is 3.91. The van der Waals surface area contributed by atoms with Crippen LogP contribution in [0, 0.1) is 23.0 Å². The third kappa shape index (κ3) is 3.30. The van der Waals surface area contributed by atoms with Gasteiger partial charge in [-0.2, -0.15) is 5.26 Å². The minimum Gasteiger partial charge on any atom is -0.376 e. The van der Waals surface area contributed by atoms with Gasteiger partial charge >= 0.3 is 0 Å². The van der Waals surface area contributed by atoms with Crippen molar-refractivity contribution in [1.29, 1.82) is 5.26 Å². The van der Waals surface area contributed by atoms with Crippen LogP contribution in [-0.4, -0.2) is 0 Å². The highest BCUT2D eigenvalue weighted by Gasteiger charge is 2.10. The fourth-order valence-electron chi connectivity index (χ4n) is 1.60. The Hall–Kier alpha value is -1.93. The molecule has 0 atom stereocenters. The Morgan fingerprint density at radius 1 is 1.11 bits per heavy atom. The molecule has 0 amide bonds. The van der Waals surface area contributed by atoms with E-state index < -0.39 is 11.6 Å². The second-order valence-corrected chi connectivity index (χ2v) is 4.82. The van der Waals surface area contributed by atoms with Crippen LogP contribution in [0.15, 0.2) is 40.9 Å². The molecule has 2 nitrogen and oxygen atoms in total. The predicted octanol–water partition coefficient (Wildman–Crippen LogP) is 4.21. The summed E-state index contributed by atoms with van der Waals surface area (Å²) in [7, 11) is 0. The van der Waals surface area contributed by atoms with E-state index in [4.69, 9.17) is 5.26 Å². The van der Waals surface area contributed by atoms with Crippen molar-refractivity contribution in [3.05, 3.63) is 63.6 Å². The number of hydrogen-bond donors (Lipinski definition) is 1. The van der Waals surface area contributed by atoms with Crippen LogP contribution >= 0.6 is 15.9 Å². The average Bonchev–Trinajstić information content (AvgIpc) is 2.39. The van der Waals surface area contributed by atoms with Crippen LogP contribution in [0.25, 0.3) is 0 Å². The second kappa shape index (κ2) is 5.81. The Labute approximate surface area is 117 Å². The zero-order valence-corrected chi connectivity index (χ0v) is 11.3. The highest BCUT2D eigenvalue weighted by atomic mass is 79.9. The van der Waals surface area contributed by atoms with E-state index in [0.717, 1.165) is 22.2 Å². The normalized spacial score (nSPS) is 10.0. The van der Waals surface area contributed by atoms with Crippen molar-refractivity contribution in [2.75, 3.05) is 5.32 Å². The van der Waals surface area contributed by atoms with Crippen LogP contribution in [0.2, 0.25) is 0 Å². The fraction of sp³-hybridized carbons (Fsp3) is 0.0714.